The van der Waals surface area contributed by atoms with Gasteiger partial charge in [0.2, 0.25) is 0 Å². The van der Waals surface area contributed by atoms with Gasteiger partial charge in [0, 0.05) is 12.7 Å². The summed E-state index contributed by atoms with van der Waals surface area (Å²) in [6, 6.07) is 1.56. The fourth-order valence-corrected chi connectivity index (χ4v) is 3.25. The van der Waals surface area contributed by atoms with Crippen LogP contribution in [0.25, 0.3) is 0 Å². The Morgan fingerprint density at radius 1 is 1.29 bits per heavy atom. The second kappa shape index (κ2) is 4.99. The van der Waals surface area contributed by atoms with Crippen molar-refractivity contribution in [2.75, 3.05) is 12.8 Å². The van der Waals surface area contributed by atoms with E-state index < -0.39 is 20.9 Å². The lowest BCUT2D eigenvalue weighted by molar-refractivity contribution is 0.248. The molecule has 2 amide bonds. The molecule has 1 rings (SSSR count). The van der Waals surface area contributed by atoms with Crippen molar-refractivity contribution in [2.24, 2.45) is 0 Å². The number of nitrogens with one attached hydrogen (secondary N) is 2. The van der Waals surface area contributed by atoms with Crippen molar-refractivity contribution in [3.05, 3.63) is 22.2 Å². The Morgan fingerprint density at radius 2 is 1.76 bits per heavy atom. The van der Waals surface area contributed by atoms with Crippen LogP contribution in [0.15, 0.2) is 17.0 Å². The number of halogens is 2. The predicted molar refractivity (Wildman–Crippen MR) is 65.7 cm³/mol. The standard InChI is InChI=1S/C8H9Cl2N3O3S/c1-12-8(14)13-17(15,16)7-5(9)2-4(11)3-6(7)10/h2-3H,11H2,1H3,(H2,12,13,14). The van der Waals surface area contributed by atoms with Gasteiger partial charge in [-0.25, -0.2) is 17.9 Å². The van der Waals surface area contributed by atoms with Crippen molar-refractivity contribution in [2.45, 2.75) is 4.90 Å². The Morgan fingerprint density at radius 3 is 2.18 bits per heavy atom. The maximum atomic E-state index is 11.8. The molecule has 0 aliphatic heterocycles. The Balaban J connectivity index is 3.29. The molecule has 0 aliphatic rings. The van der Waals surface area contributed by atoms with Crippen molar-refractivity contribution in [3.63, 3.8) is 0 Å². The molecule has 0 saturated heterocycles. The molecule has 0 spiro atoms. The highest BCUT2D eigenvalue weighted by molar-refractivity contribution is 7.90. The smallest absolute Gasteiger partial charge is 0.328 e. The minimum Gasteiger partial charge on any atom is -0.399 e. The highest BCUT2D eigenvalue weighted by Gasteiger charge is 2.24. The maximum absolute atomic E-state index is 11.8. The van der Waals surface area contributed by atoms with Gasteiger partial charge in [-0.2, -0.15) is 0 Å². The van der Waals surface area contributed by atoms with Crippen molar-refractivity contribution in [3.8, 4) is 0 Å². The Kier molecular flexibility index (Phi) is 4.07. The summed E-state index contributed by atoms with van der Waals surface area (Å²) in [6.07, 6.45) is 0. The summed E-state index contributed by atoms with van der Waals surface area (Å²) < 4.78 is 25.3. The molecule has 0 aromatic heterocycles. The van der Waals surface area contributed by atoms with E-state index in [-0.39, 0.29) is 15.7 Å². The number of benzene rings is 1. The van der Waals surface area contributed by atoms with Gasteiger partial charge in [-0.15, -0.1) is 0 Å². The van der Waals surface area contributed by atoms with Crippen LogP contribution in [-0.2, 0) is 10.0 Å². The van der Waals surface area contributed by atoms with E-state index in [9.17, 15) is 13.2 Å². The van der Waals surface area contributed by atoms with Crippen molar-refractivity contribution in [1.82, 2.24) is 10.0 Å². The first kappa shape index (κ1) is 13.9. The van der Waals surface area contributed by atoms with Gasteiger partial charge in [-0.05, 0) is 12.1 Å². The zero-order chi connectivity index (χ0) is 13.2. The molecule has 0 heterocycles. The number of hydrogen-bond donors (Lipinski definition) is 3. The molecule has 4 N–H and O–H groups in total. The molecule has 1 aromatic carbocycles. The monoisotopic (exact) mass is 297 g/mol. The Bertz CT molecular complexity index is 536. The lowest BCUT2D eigenvalue weighted by Gasteiger charge is -2.10. The Hall–Kier alpha value is -1.18. The van der Waals surface area contributed by atoms with Crippen LogP contribution in [0.1, 0.15) is 0 Å². The molecular formula is C8H9Cl2N3O3S. The molecule has 0 bridgehead atoms. The van der Waals surface area contributed by atoms with Crippen LogP contribution in [-0.4, -0.2) is 21.5 Å². The third kappa shape index (κ3) is 3.15. The molecular weight excluding hydrogens is 289 g/mol. The summed E-state index contributed by atoms with van der Waals surface area (Å²) in [6.45, 7) is 0. The number of carbonyl (C=O) groups is 1. The maximum Gasteiger partial charge on any atom is 0.328 e. The van der Waals surface area contributed by atoms with E-state index in [4.69, 9.17) is 28.9 Å². The molecule has 17 heavy (non-hydrogen) atoms. The van der Waals surface area contributed by atoms with Gasteiger partial charge in [-0.3, -0.25) is 0 Å². The molecule has 0 saturated carbocycles. The summed E-state index contributed by atoms with van der Waals surface area (Å²) in [5, 5.41) is 1.78. The first-order chi connectivity index (χ1) is 7.77. The number of urea groups is 1. The van der Waals surface area contributed by atoms with Crippen molar-refractivity contribution in [1.29, 1.82) is 0 Å². The zero-order valence-electron chi connectivity index (χ0n) is 8.62. The largest absolute Gasteiger partial charge is 0.399 e. The average Bonchev–Trinajstić information content (AvgIpc) is 2.14. The number of hydrogen-bond acceptors (Lipinski definition) is 4. The molecule has 9 heteroatoms. The summed E-state index contributed by atoms with van der Waals surface area (Å²) in [4.78, 5) is 10.6. The quantitative estimate of drug-likeness (QED) is 0.714. The van der Waals surface area contributed by atoms with Crippen LogP contribution < -0.4 is 15.8 Å². The highest BCUT2D eigenvalue weighted by Crippen LogP contribution is 2.31. The minimum absolute atomic E-state index is 0.161. The molecule has 0 aliphatic carbocycles. The molecule has 0 atom stereocenters. The first-order valence-electron chi connectivity index (χ1n) is 4.27. The first-order valence-corrected chi connectivity index (χ1v) is 6.51. The SMILES string of the molecule is CNC(=O)NS(=O)(=O)c1c(Cl)cc(N)cc1Cl. The summed E-state index contributed by atoms with van der Waals surface area (Å²) in [7, 11) is -2.86. The molecule has 1 aromatic rings. The van der Waals surface area contributed by atoms with Crippen LogP contribution in [0, 0.1) is 0 Å². The van der Waals surface area contributed by atoms with Gasteiger partial charge in [0.05, 0.1) is 10.0 Å². The topological polar surface area (TPSA) is 101 Å². The van der Waals surface area contributed by atoms with Crippen LogP contribution >= 0.6 is 23.2 Å². The normalized spacial score (nSPS) is 11.0. The molecule has 6 nitrogen and oxygen atoms in total. The molecule has 94 valence electrons. The lowest BCUT2D eigenvalue weighted by atomic mass is 10.3. The number of amides is 2. The van der Waals surface area contributed by atoms with E-state index >= 15 is 0 Å². The number of nitrogens with two attached hydrogens (primary N) is 1. The second-order valence-electron chi connectivity index (χ2n) is 3.00. The van der Waals surface area contributed by atoms with Crippen molar-refractivity contribution >= 4 is 44.9 Å². The summed E-state index contributed by atoms with van der Waals surface area (Å²) in [5.41, 5.74) is 5.66. The van der Waals surface area contributed by atoms with Gasteiger partial charge in [-0.1, -0.05) is 23.2 Å². The van der Waals surface area contributed by atoms with Crippen LogP contribution in [0.2, 0.25) is 10.0 Å². The molecule has 0 fully saturated rings. The zero-order valence-corrected chi connectivity index (χ0v) is 10.9. The predicted octanol–water partition coefficient (Wildman–Crippen LogP) is 1.19. The van der Waals surface area contributed by atoms with Crippen LogP contribution in [0.3, 0.4) is 0 Å². The van der Waals surface area contributed by atoms with Crippen LogP contribution in [0.4, 0.5) is 10.5 Å². The number of nitrogen functional groups attached to an aromatic ring is 1. The number of sulfonamides is 1. The second-order valence-corrected chi connectivity index (χ2v) is 5.43. The third-order valence-corrected chi connectivity index (χ3v) is 4.00. The van der Waals surface area contributed by atoms with Gasteiger partial charge >= 0.3 is 6.03 Å². The van der Waals surface area contributed by atoms with Crippen molar-refractivity contribution < 1.29 is 13.2 Å². The average molecular weight is 298 g/mol. The van der Waals surface area contributed by atoms with E-state index in [2.05, 4.69) is 5.32 Å². The van der Waals surface area contributed by atoms with E-state index in [1.54, 1.807) is 4.72 Å². The van der Waals surface area contributed by atoms with Gasteiger partial charge in [0.15, 0.2) is 0 Å². The summed E-state index contributed by atoms with van der Waals surface area (Å²) in [5.74, 6) is 0. The Labute approximate surface area is 108 Å². The molecule has 0 radical (unpaired) electrons. The minimum atomic E-state index is -4.13. The van der Waals surface area contributed by atoms with Gasteiger partial charge < -0.3 is 11.1 Å². The van der Waals surface area contributed by atoms with Gasteiger partial charge in [0.25, 0.3) is 10.0 Å². The van der Waals surface area contributed by atoms with E-state index in [1.807, 2.05) is 0 Å². The molecule has 0 unspecified atom stereocenters. The van der Waals surface area contributed by atoms with Gasteiger partial charge in [0.1, 0.15) is 4.90 Å². The lowest BCUT2D eigenvalue weighted by Crippen LogP contribution is -2.37. The number of anilines is 1. The summed E-state index contributed by atoms with van der Waals surface area (Å²) >= 11 is 11.5. The van der Waals surface area contributed by atoms with E-state index in [0.29, 0.717) is 0 Å². The van der Waals surface area contributed by atoms with E-state index in [1.165, 1.54) is 19.2 Å². The van der Waals surface area contributed by atoms with E-state index in [0.717, 1.165) is 0 Å². The van der Waals surface area contributed by atoms with Crippen LogP contribution in [0.5, 0.6) is 0 Å². The third-order valence-electron chi connectivity index (χ3n) is 1.74. The highest BCUT2D eigenvalue weighted by atomic mass is 35.5. The number of carbonyl (C=O) groups excluding carboxylic acids is 1. The number of rotatable bonds is 2. The fraction of sp³-hybridized carbons (Fsp3) is 0.125. The fourth-order valence-electron chi connectivity index (χ4n) is 1.06.